The maximum atomic E-state index is 11.0. The number of carbonyl (C=O) groups excluding carboxylic acids is 1. The molecule has 0 heterocycles. The van der Waals surface area contributed by atoms with Crippen molar-refractivity contribution >= 4 is 23.4 Å². The van der Waals surface area contributed by atoms with Gasteiger partial charge in [0.15, 0.2) is 0 Å². The third-order valence-corrected chi connectivity index (χ3v) is 1.71. The Labute approximate surface area is 83.1 Å². The second-order valence-electron chi connectivity index (χ2n) is 2.88. The lowest BCUT2D eigenvalue weighted by Gasteiger charge is -2.00. The number of carbonyl (C=O) groups is 2. The van der Waals surface area contributed by atoms with Gasteiger partial charge in [-0.05, 0) is 19.8 Å². The molecule has 0 spiro atoms. The zero-order valence-corrected chi connectivity index (χ0v) is 8.38. The maximum absolute atomic E-state index is 11.0. The third-order valence-electron chi connectivity index (χ3n) is 1.53. The Kier molecular flexibility index (Phi) is 6.59. The van der Waals surface area contributed by atoms with Crippen molar-refractivity contribution in [3.63, 3.8) is 0 Å². The van der Waals surface area contributed by atoms with Crippen LogP contribution in [-0.2, 0) is 9.59 Å². The number of hydrogen-bond donors (Lipinski definition) is 1. The van der Waals surface area contributed by atoms with Gasteiger partial charge in [0, 0.05) is 18.2 Å². The van der Waals surface area contributed by atoms with Crippen molar-refractivity contribution in [2.24, 2.45) is 0 Å². The van der Waals surface area contributed by atoms with Gasteiger partial charge in [0.05, 0.1) is 6.42 Å². The van der Waals surface area contributed by atoms with Gasteiger partial charge in [-0.25, -0.2) is 0 Å². The Morgan fingerprint density at radius 2 is 2.00 bits per heavy atom. The van der Waals surface area contributed by atoms with Crippen LogP contribution in [0.2, 0.25) is 0 Å². The van der Waals surface area contributed by atoms with E-state index >= 15 is 0 Å². The molecule has 4 heteroatoms. The van der Waals surface area contributed by atoms with Crippen molar-refractivity contribution in [2.75, 3.05) is 0 Å². The highest BCUT2D eigenvalue weighted by Crippen LogP contribution is 2.07. The number of alkyl halides is 1. The second-order valence-corrected chi connectivity index (χ2v) is 3.57. The van der Waals surface area contributed by atoms with Gasteiger partial charge in [-0.2, -0.15) is 0 Å². The Bertz CT molecular complexity index is 178. The number of hydrogen-bond acceptors (Lipinski definition) is 2. The van der Waals surface area contributed by atoms with E-state index in [2.05, 4.69) is 0 Å². The molecule has 0 bridgehead atoms. The molecule has 0 aromatic heterocycles. The Morgan fingerprint density at radius 3 is 2.46 bits per heavy atom. The molecular weight excluding hydrogens is 192 g/mol. The Hall–Kier alpha value is -0.570. The van der Waals surface area contributed by atoms with Crippen LogP contribution in [0.4, 0.5) is 0 Å². The molecule has 1 radical (unpaired) electrons. The number of carboxylic acids is 1. The van der Waals surface area contributed by atoms with Crippen LogP contribution in [0.15, 0.2) is 0 Å². The van der Waals surface area contributed by atoms with Gasteiger partial charge in [0.1, 0.15) is 5.78 Å². The summed E-state index contributed by atoms with van der Waals surface area (Å²) < 4.78 is 0. The van der Waals surface area contributed by atoms with E-state index in [0.29, 0.717) is 12.8 Å². The fourth-order valence-corrected chi connectivity index (χ4v) is 0.971. The number of aliphatic carboxylic acids is 1. The molecule has 0 aromatic rings. The number of Topliss-reactive ketones (excluding diaryl/α,β-unsaturated/α-hetero) is 1. The first kappa shape index (κ1) is 12.4. The van der Waals surface area contributed by atoms with E-state index in [4.69, 9.17) is 16.7 Å². The fourth-order valence-electron chi connectivity index (χ4n) is 0.845. The molecular formula is C9H14ClO3. The van der Waals surface area contributed by atoms with E-state index in [9.17, 15) is 9.59 Å². The molecule has 0 aromatic carbocycles. The van der Waals surface area contributed by atoms with Crippen molar-refractivity contribution in [2.45, 2.75) is 38.0 Å². The quantitative estimate of drug-likeness (QED) is 0.647. The zero-order valence-electron chi connectivity index (χ0n) is 7.62. The summed E-state index contributed by atoms with van der Waals surface area (Å²) in [5, 5.41) is 8.26. The van der Waals surface area contributed by atoms with Crippen molar-refractivity contribution in [3.05, 3.63) is 6.42 Å². The Balaban J connectivity index is 3.36. The zero-order chi connectivity index (χ0) is 10.3. The van der Waals surface area contributed by atoms with Crippen LogP contribution in [0.25, 0.3) is 0 Å². The largest absolute Gasteiger partial charge is 0.481 e. The van der Waals surface area contributed by atoms with Crippen LogP contribution < -0.4 is 0 Å². The minimum atomic E-state index is -0.928. The first-order valence-electron chi connectivity index (χ1n) is 4.23. The summed E-state index contributed by atoms with van der Waals surface area (Å²) in [5.41, 5.74) is 0. The summed E-state index contributed by atoms with van der Waals surface area (Å²) in [6.07, 6.45) is 2.91. The molecule has 0 aliphatic heterocycles. The predicted octanol–water partition coefficient (Wildman–Crippen LogP) is 2.03. The highest BCUT2D eigenvalue weighted by Gasteiger charge is 2.06. The van der Waals surface area contributed by atoms with E-state index in [-0.39, 0.29) is 24.0 Å². The fraction of sp³-hybridized carbons (Fsp3) is 0.667. The number of ketones is 1. The third kappa shape index (κ3) is 9.34. The Morgan fingerprint density at radius 1 is 1.38 bits per heavy atom. The van der Waals surface area contributed by atoms with Gasteiger partial charge in [0.25, 0.3) is 0 Å². The molecule has 75 valence electrons. The molecule has 0 aliphatic carbocycles. The maximum Gasteiger partial charge on any atom is 0.303 e. The lowest BCUT2D eigenvalue weighted by atomic mass is 10.1. The normalized spacial score (nSPS) is 12.5. The first-order valence-corrected chi connectivity index (χ1v) is 4.67. The summed E-state index contributed by atoms with van der Waals surface area (Å²) >= 11 is 5.63. The molecule has 1 N–H and O–H groups in total. The minimum absolute atomic E-state index is 0.0176. The molecule has 0 amide bonds. The molecule has 13 heavy (non-hydrogen) atoms. The lowest BCUT2D eigenvalue weighted by Crippen LogP contribution is -2.04. The molecule has 0 rings (SSSR count). The highest BCUT2D eigenvalue weighted by atomic mass is 35.5. The molecule has 3 nitrogen and oxygen atoms in total. The van der Waals surface area contributed by atoms with Crippen LogP contribution in [-0.4, -0.2) is 22.2 Å². The molecule has 0 saturated carbocycles. The van der Waals surface area contributed by atoms with Crippen molar-refractivity contribution in [1.29, 1.82) is 0 Å². The smallest absolute Gasteiger partial charge is 0.303 e. The molecule has 0 saturated heterocycles. The van der Waals surface area contributed by atoms with Gasteiger partial charge in [-0.1, -0.05) is 0 Å². The van der Waals surface area contributed by atoms with Crippen LogP contribution in [0.1, 0.15) is 32.6 Å². The molecule has 0 fully saturated rings. The minimum Gasteiger partial charge on any atom is -0.481 e. The standard InChI is InChI=1S/C9H14ClO3/c1-7(10)3-2-4-8(11)5-6-9(12)13/h3,7H,2,4-6H2,1H3,(H,12,13). The molecule has 0 aliphatic rings. The SMILES string of the molecule is CC(Cl)[CH]CCC(=O)CCC(=O)O. The summed E-state index contributed by atoms with van der Waals surface area (Å²) in [7, 11) is 0. The van der Waals surface area contributed by atoms with Crippen LogP contribution in [0.3, 0.4) is 0 Å². The van der Waals surface area contributed by atoms with Crippen LogP contribution in [0.5, 0.6) is 0 Å². The van der Waals surface area contributed by atoms with Gasteiger partial charge in [-0.3, -0.25) is 9.59 Å². The summed E-state index contributed by atoms with van der Waals surface area (Å²) in [6, 6.07) is 0. The average Bonchev–Trinajstić information content (AvgIpc) is 2.00. The van der Waals surface area contributed by atoms with Gasteiger partial charge in [-0.15, -0.1) is 11.6 Å². The van der Waals surface area contributed by atoms with Crippen molar-refractivity contribution < 1.29 is 14.7 Å². The molecule has 1 atom stereocenters. The average molecular weight is 206 g/mol. The summed E-state index contributed by atoms with van der Waals surface area (Å²) in [6.45, 7) is 1.82. The van der Waals surface area contributed by atoms with E-state index < -0.39 is 5.97 Å². The van der Waals surface area contributed by atoms with Gasteiger partial charge in [0.2, 0.25) is 0 Å². The summed E-state index contributed by atoms with van der Waals surface area (Å²) in [4.78, 5) is 21.1. The van der Waals surface area contributed by atoms with Gasteiger partial charge < -0.3 is 5.11 Å². The monoisotopic (exact) mass is 205 g/mol. The predicted molar refractivity (Wildman–Crippen MR) is 50.7 cm³/mol. The molecule has 1 unspecified atom stereocenters. The van der Waals surface area contributed by atoms with Crippen LogP contribution >= 0.6 is 11.6 Å². The first-order chi connectivity index (χ1) is 6.02. The summed E-state index contributed by atoms with van der Waals surface area (Å²) in [5.74, 6) is -0.945. The van der Waals surface area contributed by atoms with Crippen molar-refractivity contribution in [3.8, 4) is 0 Å². The number of halogens is 1. The topological polar surface area (TPSA) is 54.4 Å². The number of carboxylic acid groups (broad SMARTS) is 1. The highest BCUT2D eigenvalue weighted by molar-refractivity contribution is 6.21. The van der Waals surface area contributed by atoms with E-state index in [1.807, 2.05) is 13.3 Å². The van der Waals surface area contributed by atoms with E-state index in [0.717, 1.165) is 0 Å². The van der Waals surface area contributed by atoms with E-state index in [1.165, 1.54) is 0 Å². The van der Waals surface area contributed by atoms with Gasteiger partial charge >= 0.3 is 5.97 Å². The van der Waals surface area contributed by atoms with E-state index in [1.54, 1.807) is 0 Å². The van der Waals surface area contributed by atoms with Crippen LogP contribution in [0, 0.1) is 6.42 Å². The number of rotatable bonds is 7. The lowest BCUT2D eigenvalue weighted by molar-refractivity contribution is -0.138. The van der Waals surface area contributed by atoms with Crippen molar-refractivity contribution in [1.82, 2.24) is 0 Å². The second kappa shape index (κ2) is 6.89.